The van der Waals surface area contributed by atoms with Crippen LogP contribution in [-0.4, -0.2) is 11.5 Å². The fourth-order valence-corrected chi connectivity index (χ4v) is 2.51. The number of thiazole rings is 1. The van der Waals surface area contributed by atoms with Crippen molar-refractivity contribution >= 4 is 11.3 Å². The average Bonchev–Trinajstić information content (AvgIpc) is 2.89. The van der Waals surface area contributed by atoms with E-state index in [1.54, 1.807) is 11.3 Å². The highest BCUT2D eigenvalue weighted by Gasteiger charge is 2.07. The van der Waals surface area contributed by atoms with Gasteiger partial charge in [0.2, 0.25) is 0 Å². The first-order valence-electron chi connectivity index (χ1n) is 6.05. The summed E-state index contributed by atoms with van der Waals surface area (Å²) in [7, 11) is 0. The van der Waals surface area contributed by atoms with Crippen LogP contribution in [0.3, 0.4) is 0 Å². The smallest absolute Gasteiger partial charge is 0.0794 e. The molecule has 0 saturated carbocycles. The van der Waals surface area contributed by atoms with Gasteiger partial charge in [0, 0.05) is 24.4 Å². The summed E-state index contributed by atoms with van der Waals surface area (Å²) in [5.74, 6) is 0. The van der Waals surface area contributed by atoms with Gasteiger partial charge in [0.05, 0.1) is 11.2 Å². The predicted octanol–water partition coefficient (Wildman–Crippen LogP) is 3.43. The molecule has 0 aliphatic carbocycles. The molecule has 0 aliphatic rings. The highest BCUT2D eigenvalue weighted by molar-refractivity contribution is 7.07. The topological polar surface area (TPSA) is 24.9 Å². The summed E-state index contributed by atoms with van der Waals surface area (Å²) in [6, 6.07) is 11.1. The molecule has 1 aromatic heterocycles. The van der Waals surface area contributed by atoms with E-state index >= 15 is 0 Å². The highest BCUT2D eigenvalue weighted by atomic mass is 32.1. The second kappa shape index (κ2) is 6.52. The Morgan fingerprint density at radius 1 is 1.29 bits per heavy atom. The Labute approximate surface area is 107 Å². The van der Waals surface area contributed by atoms with E-state index in [9.17, 15) is 0 Å². The molecule has 2 nitrogen and oxygen atoms in total. The SMILES string of the molecule is CCC(NCCc1cscn1)c1ccccc1. The number of hydrogen-bond acceptors (Lipinski definition) is 3. The minimum atomic E-state index is 0.454. The molecule has 1 N–H and O–H groups in total. The van der Waals surface area contributed by atoms with Crippen LogP contribution < -0.4 is 5.32 Å². The quantitative estimate of drug-likeness (QED) is 0.844. The molecule has 1 aromatic carbocycles. The van der Waals surface area contributed by atoms with Crippen LogP contribution in [0.15, 0.2) is 41.2 Å². The number of benzene rings is 1. The van der Waals surface area contributed by atoms with Crippen LogP contribution in [0.1, 0.15) is 30.6 Å². The van der Waals surface area contributed by atoms with E-state index in [0.29, 0.717) is 6.04 Å². The fraction of sp³-hybridized carbons (Fsp3) is 0.357. The van der Waals surface area contributed by atoms with Crippen molar-refractivity contribution < 1.29 is 0 Å². The van der Waals surface area contributed by atoms with E-state index in [1.165, 1.54) is 11.3 Å². The van der Waals surface area contributed by atoms with Gasteiger partial charge in [0.25, 0.3) is 0 Å². The first kappa shape index (κ1) is 12.3. The van der Waals surface area contributed by atoms with Crippen LogP contribution in [0, 0.1) is 0 Å². The maximum absolute atomic E-state index is 4.29. The molecule has 0 fully saturated rings. The molecule has 1 unspecified atom stereocenters. The molecule has 0 bridgehead atoms. The Hall–Kier alpha value is -1.19. The summed E-state index contributed by atoms with van der Waals surface area (Å²) < 4.78 is 0. The standard InChI is InChI=1S/C14H18N2S/c1-2-14(12-6-4-3-5-7-12)15-9-8-13-10-17-11-16-13/h3-7,10-11,14-15H,2,8-9H2,1H3. The molecule has 0 radical (unpaired) electrons. The lowest BCUT2D eigenvalue weighted by Gasteiger charge is -2.16. The van der Waals surface area contributed by atoms with Gasteiger partial charge in [-0.15, -0.1) is 11.3 Å². The summed E-state index contributed by atoms with van der Waals surface area (Å²) in [5.41, 5.74) is 4.45. The highest BCUT2D eigenvalue weighted by Crippen LogP contribution is 2.15. The number of hydrogen-bond donors (Lipinski definition) is 1. The molecule has 0 aliphatic heterocycles. The Kier molecular flexibility index (Phi) is 4.71. The molecule has 17 heavy (non-hydrogen) atoms. The van der Waals surface area contributed by atoms with Crippen molar-refractivity contribution in [1.29, 1.82) is 0 Å². The second-order valence-corrected chi connectivity index (χ2v) is 4.77. The first-order valence-corrected chi connectivity index (χ1v) is 7.00. The van der Waals surface area contributed by atoms with Gasteiger partial charge in [0.1, 0.15) is 0 Å². The molecule has 0 amide bonds. The van der Waals surface area contributed by atoms with E-state index in [-0.39, 0.29) is 0 Å². The molecule has 0 saturated heterocycles. The Bertz CT molecular complexity index is 411. The maximum atomic E-state index is 4.29. The van der Waals surface area contributed by atoms with Gasteiger partial charge in [-0.1, -0.05) is 37.3 Å². The van der Waals surface area contributed by atoms with Crippen LogP contribution in [0.5, 0.6) is 0 Å². The summed E-state index contributed by atoms with van der Waals surface area (Å²) in [4.78, 5) is 4.29. The van der Waals surface area contributed by atoms with E-state index in [2.05, 4.69) is 52.9 Å². The molecular weight excluding hydrogens is 228 g/mol. The van der Waals surface area contributed by atoms with Crippen LogP contribution in [0.25, 0.3) is 0 Å². The van der Waals surface area contributed by atoms with Gasteiger partial charge in [-0.25, -0.2) is 4.98 Å². The van der Waals surface area contributed by atoms with Crippen molar-refractivity contribution in [1.82, 2.24) is 10.3 Å². The number of aromatic nitrogens is 1. The van der Waals surface area contributed by atoms with Crippen LogP contribution in [0.2, 0.25) is 0 Å². The summed E-state index contributed by atoms with van der Waals surface area (Å²) in [5, 5.41) is 5.70. The van der Waals surface area contributed by atoms with E-state index in [0.717, 1.165) is 19.4 Å². The lowest BCUT2D eigenvalue weighted by molar-refractivity contribution is 0.521. The van der Waals surface area contributed by atoms with Crippen molar-refractivity contribution in [3.63, 3.8) is 0 Å². The monoisotopic (exact) mass is 246 g/mol. The molecule has 3 heteroatoms. The largest absolute Gasteiger partial charge is 0.310 e. The number of nitrogens with zero attached hydrogens (tertiary/aromatic N) is 1. The summed E-state index contributed by atoms with van der Waals surface area (Å²) >= 11 is 1.66. The Morgan fingerprint density at radius 2 is 2.12 bits per heavy atom. The Morgan fingerprint density at radius 3 is 2.76 bits per heavy atom. The number of nitrogens with one attached hydrogen (secondary N) is 1. The molecule has 1 atom stereocenters. The van der Waals surface area contributed by atoms with Crippen molar-refractivity contribution in [2.45, 2.75) is 25.8 Å². The number of rotatable bonds is 6. The summed E-state index contributed by atoms with van der Waals surface area (Å²) in [6.45, 7) is 3.20. The van der Waals surface area contributed by atoms with Gasteiger partial charge < -0.3 is 5.32 Å². The summed E-state index contributed by atoms with van der Waals surface area (Å²) in [6.07, 6.45) is 2.12. The molecule has 2 aromatic rings. The zero-order chi connectivity index (χ0) is 11.9. The fourth-order valence-electron chi connectivity index (χ4n) is 1.92. The molecular formula is C14H18N2S. The molecule has 2 rings (SSSR count). The minimum Gasteiger partial charge on any atom is -0.310 e. The van der Waals surface area contributed by atoms with Gasteiger partial charge >= 0.3 is 0 Å². The van der Waals surface area contributed by atoms with Crippen molar-refractivity contribution in [3.8, 4) is 0 Å². The third-order valence-corrected chi connectivity index (χ3v) is 3.50. The first-order chi connectivity index (χ1) is 8.40. The molecule has 0 spiro atoms. The van der Waals surface area contributed by atoms with Crippen molar-refractivity contribution in [2.75, 3.05) is 6.54 Å². The normalized spacial score (nSPS) is 12.5. The molecule has 90 valence electrons. The van der Waals surface area contributed by atoms with Gasteiger partial charge in [-0.05, 0) is 12.0 Å². The average molecular weight is 246 g/mol. The minimum absolute atomic E-state index is 0.454. The van der Waals surface area contributed by atoms with Gasteiger partial charge in [-0.2, -0.15) is 0 Å². The van der Waals surface area contributed by atoms with Crippen molar-refractivity contribution in [2.24, 2.45) is 0 Å². The van der Waals surface area contributed by atoms with E-state index in [4.69, 9.17) is 0 Å². The van der Waals surface area contributed by atoms with Crippen LogP contribution in [0.4, 0.5) is 0 Å². The maximum Gasteiger partial charge on any atom is 0.0794 e. The zero-order valence-electron chi connectivity index (χ0n) is 10.1. The van der Waals surface area contributed by atoms with E-state index < -0.39 is 0 Å². The zero-order valence-corrected chi connectivity index (χ0v) is 10.9. The lowest BCUT2D eigenvalue weighted by atomic mass is 10.0. The van der Waals surface area contributed by atoms with Gasteiger partial charge in [0.15, 0.2) is 0 Å². The van der Waals surface area contributed by atoms with Gasteiger partial charge in [-0.3, -0.25) is 0 Å². The van der Waals surface area contributed by atoms with Crippen molar-refractivity contribution in [3.05, 3.63) is 52.5 Å². The molecule has 1 heterocycles. The van der Waals surface area contributed by atoms with Crippen LogP contribution in [-0.2, 0) is 6.42 Å². The third kappa shape index (κ3) is 3.65. The Balaban J connectivity index is 1.84. The van der Waals surface area contributed by atoms with E-state index in [1.807, 2.05) is 5.51 Å². The van der Waals surface area contributed by atoms with Crippen LogP contribution >= 0.6 is 11.3 Å². The second-order valence-electron chi connectivity index (χ2n) is 4.06. The third-order valence-electron chi connectivity index (χ3n) is 2.87. The lowest BCUT2D eigenvalue weighted by Crippen LogP contribution is -2.23. The predicted molar refractivity (Wildman–Crippen MR) is 73.3 cm³/mol.